The Labute approximate surface area is 95.6 Å². The molecule has 0 aromatic carbocycles. The number of nitrogens with zero attached hydrogens (tertiary/aromatic N) is 2. The Bertz CT molecular complexity index is 193. The van der Waals surface area contributed by atoms with Crippen molar-refractivity contribution in [2.75, 3.05) is 26.7 Å². The van der Waals surface area contributed by atoms with Gasteiger partial charge in [-0.3, -0.25) is 4.90 Å². The summed E-state index contributed by atoms with van der Waals surface area (Å²) in [6.07, 6.45) is 1.30. The lowest BCUT2D eigenvalue weighted by Gasteiger charge is -2.41. The van der Waals surface area contributed by atoms with Crippen LogP contribution in [0.25, 0.3) is 0 Å². The molecule has 1 atom stereocenters. The maximum atomic E-state index is 2.68. The van der Waals surface area contributed by atoms with E-state index >= 15 is 0 Å². The van der Waals surface area contributed by atoms with Crippen LogP contribution in [0.3, 0.4) is 0 Å². The summed E-state index contributed by atoms with van der Waals surface area (Å²) in [4.78, 5) is 5.14. The number of hydrogen-bond donors (Lipinski definition) is 0. The van der Waals surface area contributed by atoms with Crippen LogP contribution in [-0.2, 0) is 0 Å². The summed E-state index contributed by atoms with van der Waals surface area (Å²) < 4.78 is 0. The quantitative estimate of drug-likeness (QED) is 0.659. The molecule has 0 amide bonds. The first-order valence-electron chi connectivity index (χ1n) is 6.26. The summed E-state index contributed by atoms with van der Waals surface area (Å²) in [6.45, 7) is 15.4. The largest absolute Gasteiger partial charge is 0.305 e. The lowest BCUT2D eigenvalue weighted by Crippen LogP contribution is -2.47. The molecule has 1 rings (SSSR count). The molecule has 0 aromatic rings. The molecular weight excluding hydrogens is 184 g/mol. The summed E-state index contributed by atoms with van der Waals surface area (Å²) in [5.41, 5.74) is 0.398. The molecular formula is C13H28N2. The van der Waals surface area contributed by atoms with Gasteiger partial charge in [0.2, 0.25) is 0 Å². The van der Waals surface area contributed by atoms with Crippen LogP contribution < -0.4 is 0 Å². The van der Waals surface area contributed by atoms with E-state index in [1.165, 1.54) is 26.1 Å². The second-order valence-corrected chi connectivity index (χ2v) is 6.31. The van der Waals surface area contributed by atoms with Crippen molar-refractivity contribution in [2.45, 2.75) is 53.1 Å². The molecule has 0 spiro atoms. The van der Waals surface area contributed by atoms with E-state index in [1.807, 2.05) is 0 Å². The Hall–Kier alpha value is -0.0800. The molecule has 1 heterocycles. The van der Waals surface area contributed by atoms with Gasteiger partial charge >= 0.3 is 0 Å². The predicted octanol–water partition coefficient (Wildman–Crippen LogP) is 2.45. The Morgan fingerprint density at radius 3 is 2.13 bits per heavy atom. The Balaban J connectivity index is 2.78. The summed E-state index contributed by atoms with van der Waals surface area (Å²) in [5.74, 6) is 0. The Kier molecular flexibility index (Phi) is 4.19. The zero-order chi connectivity index (χ0) is 11.6. The highest BCUT2D eigenvalue weighted by molar-refractivity contribution is 4.88. The van der Waals surface area contributed by atoms with E-state index in [-0.39, 0.29) is 0 Å². The number of hydrogen-bond acceptors (Lipinski definition) is 2. The average Bonchev–Trinajstić information content (AvgIpc) is 2.25. The SMILES string of the molecule is CC(C)N1CCN(C)CCC1C(C)(C)C. The van der Waals surface area contributed by atoms with E-state index in [9.17, 15) is 0 Å². The maximum Gasteiger partial charge on any atom is 0.0159 e. The van der Waals surface area contributed by atoms with Gasteiger partial charge in [0.1, 0.15) is 0 Å². The lowest BCUT2D eigenvalue weighted by atomic mass is 9.83. The third-order valence-corrected chi connectivity index (χ3v) is 3.59. The van der Waals surface area contributed by atoms with Crippen molar-refractivity contribution in [1.29, 1.82) is 0 Å². The molecule has 1 unspecified atom stereocenters. The van der Waals surface area contributed by atoms with Gasteiger partial charge in [-0.2, -0.15) is 0 Å². The fourth-order valence-corrected chi connectivity index (χ4v) is 2.61. The minimum absolute atomic E-state index is 0.398. The van der Waals surface area contributed by atoms with Crippen LogP contribution in [0.4, 0.5) is 0 Å². The first kappa shape index (κ1) is 13.0. The first-order valence-corrected chi connectivity index (χ1v) is 6.26. The van der Waals surface area contributed by atoms with Gasteiger partial charge in [0.05, 0.1) is 0 Å². The normalized spacial score (nSPS) is 27.0. The number of rotatable bonds is 1. The average molecular weight is 212 g/mol. The van der Waals surface area contributed by atoms with Gasteiger partial charge in [0.15, 0.2) is 0 Å². The van der Waals surface area contributed by atoms with Gasteiger partial charge in [-0.15, -0.1) is 0 Å². The minimum atomic E-state index is 0.398. The van der Waals surface area contributed by atoms with Gasteiger partial charge < -0.3 is 4.90 Å². The molecule has 1 aliphatic heterocycles. The van der Waals surface area contributed by atoms with E-state index in [0.717, 1.165) is 6.04 Å². The van der Waals surface area contributed by atoms with E-state index in [0.29, 0.717) is 11.5 Å². The lowest BCUT2D eigenvalue weighted by molar-refractivity contribution is 0.0767. The third kappa shape index (κ3) is 3.46. The Morgan fingerprint density at radius 1 is 1.07 bits per heavy atom. The highest BCUT2D eigenvalue weighted by Gasteiger charge is 2.33. The molecule has 90 valence electrons. The zero-order valence-corrected chi connectivity index (χ0v) is 11.4. The molecule has 2 nitrogen and oxygen atoms in total. The van der Waals surface area contributed by atoms with E-state index in [1.54, 1.807) is 0 Å². The molecule has 0 saturated carbocycles. The van der Waals surface area contributed by atoms with Gasteiger partial charge in [0.25, 0.3) is 0 Å². The molecule has 15 heavy (non-hydrogen) atoms. The molecule has 0 N–H and O–H groups in total. The van der Waals surface area contributed by atoms with Crippen molar-refractivity contribution in [2.24, 2.45) is 5.41 Å². The number of likely N-dealkylation sites (N-methyl/N-ethyl adjacent to an activating group) is 1. The summed E-state index contributed by atoms with van der Waals surface area (Å²) in [6, 6.07) is 1.39. The molecule has 0 bridgehead atoms. The van der Waals surface area contributed by atoms with Crippen molar-refractivity contribution in [3.05, 3.63) is 0 Å². The van der Waals surface area contributed by atoms with E-state index in [2.05, 4.69) is 51.5 Å². The standard InChI is InChI=1S/C13H28N2/c1-11(2)15-10-9-14(6)8-7-12(15)13(3,4)5/h11-12H,7-10H2,1-6H3. The van der Waals surface area contributed by atoms with Crippen LogP contribution in [0.15, 0.2) is 0 Å². The second-order valence-electron chi connectivity index (χ2n) is 6.31. The van der Waals surface area contributed by atoms with Crippen molar-refractivity contribution >= 4 is 0 Å². The first-order chi connectivity index (χ1) is 6.82. The predicted molar refractivity (Wildman–Crippen MR) is 67.2 cm³/mol. The molecule has 0 aliphatic carbocycles. The van der Waals surface area contributed by atoms with Crippen molar-refractivity contribution < 1.29 is 0 Å². The second kappa shape index (κ2) is 4.84. The van der Waals surface area contributed by atoms with Crippen molar-refractivity contribution in [3.8, 4) is 0 Å². The maximum absolute atomic E-state index is 2.68. The third-order valence-electron chi connectivity index (χ3n) is 3.59. The van der Waals surface area contributed by atoms with Gasteiger partial charge in [-0.05, 0) is 39.3 Å². The molecule has 2 heteroatoms. The fraction of sp³-hybridized carbons (Fsp3) is 1.00. The highest BCUT2D eigenvalue weighted by Crippen LogP contribution is 2.29. The smallest absolute Gasteiger partial charge is 0.0159 e. The topological polar surface area (TPSA) is 6.48 Å². The van der Waals surface area contributed by atoms with Crippen LogP contribution in [-0.4, -0.2) is 48.6 Å². The zero-order valence-electron chi connectivity index (χ0n) is 11.4. The minimum Gasteiger partial charge on any atom is -0.305 e. The van der Waals surface area contributed by atoms with Crippen LogP contribution in [0.1, 0.15) is 41.0 Å². The van der Waals surface area contributed by atoms with Crippen LogP contribution in [0, 0.1) is 5.41 Å². The molecule has 0 aromatic heterocycles. The summed E-state index contributed by atoms with van der Waals surface area (Å²) in [5, 5.41) is 0. The van der Waals surface area contributed by atoms with E-state index < -0.39 is 0 Å². The van der Waals surface area contributed by atoms with Crippen LogP contribution in [0.5, 0.6) is 0 Å². The molecule has 1 saturated heterocycles. The van der Waals surface area contributed by atoms with Crippen molar-refractivity contribution in [3.63, 3.8) is 0 Å². The van der Waals surface area contributed by atoms with Gasteiger partial charge in [-0.25, -0.2) is 0 Å². The molecule has 1 aliphatic rings. The summed E-state index contributed by atoms with van der Waals surface area (Å²) in [7, 11) is 2.24. The molecule has 1 fully saturated rings. The highest BCUT2D eigenvalue weighted by atomic mass is 15.2. The molecule has 0 radical (unpaired) electrons. The van der Waals surface area contributed by atoms with Crippen LogP contribution >= 0.6 is 0 Å². The van der Waals surface area contributed by atoms with Crippen molar-refractivity contribution in [1.82, 2.24) is 9.80 Å². The fourth-order valence-electron chi connectivity index (χ4n) is 2.61. The summed E-state index contributed by atoms with van der Waals surface area (Å²) >= 11 is 0. The van der Waals surface area contributed by atoms with Crippen LogP contribution in [0.2, 0.25) is 0 Å². The van der Waals surface area contributed by atoms with Gasteiger partial charge in [-0.1, -0.05) is 20.8 Å². The van der Waals surface area contributed by atoms with E-state index in [4.69, 9.17) is 0 Å². The Morgan fingerprint density at radius 2 is 1.67 bits per heavy atom. The monoisotopic (exact) mass is 212 g/mol. The van der Waals surface area contributed by atoms with Gasteiger partial charge in [0, 0.05) is 25.2 Å².